The zero-order valence-corrected chi connectivity index (χ0v) is 16.2. The van der Waals surface area contributed by atoms with Gasteiger partial charge in [-0.25, -0.2) is 4.98 Å². The SMILES string of the molecule is CCCCCN1CCO[C@]2(CCCC[C@@H]2NC(=O)c2cnc(C)cn2)C1. The van der Waals surface area contributed by atoms with Crippen LogP contribution in [0.1, 0.15) is 68.1 Å². The molecule has 1 aliphatic heterocycles. The fourth-order valence-electron chi connectivity index (χ4n) is 4.18. The number of aromatic nitrogens is 2. The highest BCUT2D eigenvalue weighted by molar-refractivity contribution is 5.92. The third kappa shape index (κ3) is 4.60. The van der Waals surface area contributed by atoms with E-state index in [4.69, 9.17) is 4.74 Å². The number of nitrogens with zero attached hydrogens (tertiary/aromatic N) is 3. The molecule has 1 aromatic heterocycles. The summed E-state index contributed by atoms with van der Waals surface area (Å²) in [7, 11) is 0. The molecular weight excluding hydrogens is 328 g/mol. The van der Waals surface area contributed by atoms with E-state index < -0.39 is 0 Å². The fourth-order valence-corrected chi connectivity index (χ4v) is 4.18. The van der Waals surface area contributed by atoms with Crippen molar-refractivity contribution in [2.75, 3.05) is 26.2 Å². The summed E-state index contributed by atoms with van der Waals surface area (Å²) >= 11 is 0. The lowest BCUT2D eigenvalue weighted by atomic mass is 9.78. The summed E-state index contributed by atoms with van der Waals surface area (Å²) < 4.78 is 6.32. The van der Waals surface area contributed by atoms with Gasteiger partial charge in [0.1, 0.15) is 11.3 Å². The number of nitrogens with one attached hydrogen (secondary N) is 1. The van der Waals surface area contributed by atoms with Crippen molar-refractivity contribution in [3.8, 4) is 0 Å². The maximum absolute atomic E-state index is 12.7. The molecule has 3 rings (SSSR count). The van der Waals surface area contributed by atoms with Crippen LogP contribution in [0.25, 0.3) is 0 Å². The molecule has 6 heteroatoms. The number of aryl methyl sites for hydroxylation is 1. The summed E-state index contributed by atoms with van der Waals surface area (Å²) in [6, 6.07) is 0.0424. The molecule has 2 atom stereocenters. The molecule has 0 bridgehead atoms. The van der Waals surface area contributed by atoms with E-state index in [1.807, 2.05) is 6.92 Å². The Hall–Kier alpha value is -1.53. The molecule has 0 aromatic carbocycles. The number of carbonyl (C=O) groups is 1. The number of rotatable bonds is 6. The lowest BCUT2D eigenvalue weighted by molar-refractivity contribution is -0.141. The largest absolute Gasteiger partial charge is 0.370 e. The predicted octanol–water partition coefficient (Wildman–Crippen LogP) is 2.72. The summed E-state index contributed by atoms with van der Waals surface area (Å²) in [6.07, 6.45) is 11.2. The summed E-state index contributed by atoms with van der Waals surface area (Å²) in [4.78, 5) is 23.6. The van der Waals surface area contributed by atoms with Gasteiger partial charge in [0.25, 0.3) is 5.91 Å². The van der Waals surface area contributed by atoms with Crippen LogP contribution >= 0.6 is 0 Å². The lowest BCUT2D eigenvalue weighted by Crippen LogP contribution is -2.64. The van der Waals surface area contributed by atoms with Crippen LogP contribution in [-0.4, -0.2) is 58.7 Å². The predicted molar refractivity (Wildman–Crippen MR) is 101 cm³/mol. The van der Waals surface area contributed by atoms with Gasteiger partial charge in [0.2, 0.25) is 0 Å². The van der Waals surface area contributed by atoms with Crippen molar-refractivity contribution in [2.45, 2.75) is 70.4 Å². The van der Waals surface area contributed by atoms with E-state index in [2.05, 4.69) is 27.1 Å². The molecule has 1 saturated heterocycles. The maximum Gasteiger partial charge on any atom is 0.271 e. The number of amides is 1. The summed E-state index contributed by atoms with van der Waals surface area (Å²) in [5.74, 6) is -0.143. The average Bonchev–Trinajstić information content (AvgIpc) is 2.65. The molecule has 26 heavy (non-hydrogen) atoms. The molecule has 0 radical (unpaired) electrons. The van der Waals surface area contributed by atoms with Gasteiger partial charge in [-0.2, -0.15) is 0 Å². The summed E-state index contributed by atoms with van der Waals surface area (Å²) in [6.45, 7) is 7.90. The van der Waals surface area contributed by atoms with Crippen molar-refractivity contribution in [3.63, 3.8) is 0 Å². The monoisotopic (exact) mass is 360 g/mol. The Morgan fingerprint density at radius 2 is 2.23 bits per heavy atom. The first-order valence-corrected chi connectivity index (χ1v) is 10.1. The highest BCUT2D eigenvalue weighted by Gasteiger charge is 2.45. The minimum atomic E-state index is -0.253. The van der Waals surface area contributed by atoms with E-state index in [0.29, 0.717) is 5.69 Å². The Kier molecular flexibility index (Phi) is 6.59. The first-order valence-electron chi connectivity index (χ1n) is 10.1. The minimum absolute atomic E-state index is 0.0424. The van der Waals surface area contributed by atoms with Crippen LogP contribution in [0.4, 0.5) is 0 Å². The van der Waals surface area contributed by atoms with Crippen LogP contribution in [0.15, 0.2) is 12.4 Å². The van der Waals surface area contributed by atoms with Crippen molar-refractivity contribution >= 4 is 5.91 Å². The number of carbonyl (C=O) groups excluding carboxylic acids is 1. The molecule has 1 aliphatic carbocycles. The van der Waals surface area contributed by atoms with Gasteiger partial charge < -0.3 is 10.1 Å². The van der Waals surface area contributed by atoms with Gasteiger partial charge in [-0.15, -0.1) is 0 Å². The normalized spacial score (nSPS) is 26.8. The van der Waals surface area contributed by atoms with E-state index >= 15 is 0 Å². The molecule has 1 amide bonds. The van der Waals surface area contributed by atoms with Gasteiger partial charge in [0.15, 0.2) is 0 Å². The molecule has 1 N–H and O–H groups in total. The maximum atomic E-state index is 12.7. The highest BCUT2D eigenvalue weighted by atomic mass is 16.5. The summed E-state index contributed by atoms with van der Waals surface area (Å²) in [5.41, 5.74) is 0.942. The Morgan fingerprint density at radius 1 is 1.35 bits per heavy atom. The number of unbranched alkanes of at least 4 members (excludes halogenated alkanes) is 2. The van der Waals surface area contributed by atoms with Gasteiger partial charge in [-0.05, 0) is 32.7 Å². The van der Waals surface area contributed by atoms with E-state index in [9.17, 15) is 4.79 Å². The third-order valence-corrected chi connectivity index (χ3v) is 5.66. The molecule has 6 nitrogen and oxygen atoms in total. The standard InChI is InChI=1S/C20H32N4O2/c1-3-4-7-10-24-11-12-26-20(15-24)9-6-5-8-18(20)23-19(25)17-14-21-16(2)13-22-17/h13-14,18H,3-12,15H2,1-2H3,(H,23,25)/t18-,20+/m0/s1. The van der Waals surface area contributed by atoms with Crippen LogP contribution in [0, 0.1) is 6.92 Å². The minimum Gasteiger partial charge on any atom is -0.370 e. The second-order valence-electron chi connectivity index (χ2n) is 7.71. The van der Waals surface area contributed by atoms with E-state index in [0.717, 1.165) is 51.2 Å². The molecule has 144 valence electrons. The smallest absolute Gasteiger partial charge is 0.271 e. The second kappa shape index (κ2) is 8.91. The van der Waals surface area contributed by atoms with Gasteiger partial charge in [0.05, 0.1) is 24.5 Å². The molecule has 2 aliphatic rings. The van der Waals surface area contributed by atoms with Crippen LogP contribution < -0.4 is 5.32 Å². The first-order chi connectivity index (χ1) is 12.6. The Bertz CT molecular complexity index is 588. The van der Waals surface area contributed by atoms with Gasteiger partial charge in [-0.1, -0.05) is 32.6 Å². The van der Waals surface area contributed by atoms with E-state index in [1.165, 1.54) is 25.7 Å². The molecule has 2 heterocycles. The van der Waals surface area contributed by atoms with Crippen LogP contribution in [0.5, 0.6) is 0 Å². The van der Waals surface area contributed by atoms with Crippen molar-refractivity contribution in [3.05, 3.63) is 23.8 Å². The first kappa shape index (κ1) is 19.2. The van der Waals surface area contributed by atoms with Crippen molar-refractivity contribution in [2.24, 2.45) is 0 Å². The van der Waals surface area contributed by atoms with Gasteiger partial charge in [0, 0.05) is 19.3 Å². The number of ether oxygens (including phenoxy) is 1. The lowest BCUT2D eigenvalue weighted by Gasteiger charge is -2.49. The Labute approximate surface area is 156 Å². The third-order valence-electron chi connectivity index (χ3n) is 5.66. The molecule has 2 fully saturated rings. The average molecular weight is 361 g/mol. The van der Waals surface area contributed by atoms with Gasteiger partial charge >= 0.3 is 0 Å². The zero-order chi connectivity index (χ0) is 18.4. The molecule has 1 spiro atoms. The molecule has 0 unspecified atom stereocenters. The van der Waals surface area contributed by atoms with Crippen molar-refractivity contribution in [1.82, 2.24) is 20.2 Å². The molecule has 1 saturated carbocycles. The molecule has 1 aromatic rings. The molecular formula is C20H32N4O2. The Morgan fingerprint density at radius 3 is 3.00 bits per heavy atom. The zero-order valence-electron chi connectivity index (χ0n) is 16.2. The Balaban J connectivity index is 1.66. The van der Waals surface area contributed by atoms with Crippen LogP contribution in [0.3, 0.4) is 0 Å². The number of hydrogen-bond donors (Lipinski definition) is 1. The van der Waals surface area contributed by atoms with Crippen molar-refractivity contribution < 1.29 is 9.53 Å². The van der Waals surface area contributed by atoms with Gasteiger partial charge in [-0.3, -0.25) is 14.7 Å². The fraction of sp³-hybridized carbons (Fsp3) is 0.750. The van der Waals surface area contributed by atoms with E-state index in [-0.39, 0.29) is 17.6 Å². The summed E-state index contributed by atoms with van der Waals surface area (Å²) in [5, 5.41) is 3.21. The van der Waals surface area contributed by atoms with Crippen LogP contribution in [0.2, 0.25) is 0 Å². The highest BCUT2D eigenvalue weighted by Crippen LogP contribution is 2.35. The number of morpholine rings is 1. The number of hydrogen-bond acceptors (Lipinski definition) is 5. The van der Waals surface area contributed by atoms with E-state index in [1.54, 1.807) is 12.4 Å². The van der Waals surface area contributed by atoms with Crippen LogP contribution in [-0.2, 0) is 4.74 Å². The quantitative estimate of drug-likeness (QED) is 0.790. The van der Waals surface area contributed by atoms with Crippen molar-refractivity contribution in [1.29, 1.82) is 0 Å². The topological polar surface area (TPSA) is 67.3 Å². The second-order valence-corrected chi connectivity index (χ2v) is 7.71.